The van der Waals surface area contributed by atoms with Gasteiger partial charge in [0.1, 0.15) is 5.84 Å². The van der Waals surface area contributed by atoms with Crippen LogP contribution in [0.4, 0.5) is 11.4 Å². The lowest BCUT2D eigenvalue weighted by Crippen LogP contribution is -2.55. The van der Waals surface area contributed by atoms with E-state index in [0.29, 0.717) is 29.3 Å². The molecule has 0 aromatic heterocycles. The molecule has 2 aromatic carbocycles. The van der Waals surface area contributed by atoms with Crippen molar-refractivity contribution >= 4 is 34.9 Å². The van der Waals surface area contributed by atoms with Crippen molar-refractivity contribution < 1.29 is 24.2 Å². The van der Waals surface area contributed by atoms with Crippen LogP contribution in [0.5, 0.6) is 0 Å². The summed E-state index contributed by atoms with van der Waals surface area (Å²) in [6.07, 6.45) is -1.03. The van der Waals surface area contributed by atoms with Crippen molar-refractivity contribution in [3.05, 3.63) is 59.2 Å². The minimum atomic E-state index is -1.70. The molecule has 4 N–H and O–H groups in total. The zero-order valence-electron chi connectivity index (χ0n) is 19.1. The molecule has 0 spiro atoms. The summed E-state index contributed by atoms with van der Waals surface area (Å²) in [5.74, 6) is -0.971. The fourth-order valence-corrected chi connectivity index (χ4v) is 4.67. The molecule has 0 aliphatic carbocycles. The molecular formula is C25H27N5O5. The number of rotatable bonds is 5. The molecule has 0 radical (unpaired) electrons. The van der Waals surface area contributed by atoms with Gasteiger partial charge in [-0.05, 0) is 60.9 Å². The predicted molar refractivity (Wildman–Crippen MR) is 128 cm³/mol. The van der Waals surface area contributed by atoms with Gasteiger partial charge in [0.2, 0.25) is 0 Å². The number of carbonyl (C=O) groups is 3. The van der Waals surface area contributed by atoms with Crippen molar-refractivity contribution in [1.29, 1.82) is 5.41 Å². The third-order valence-corrected chi connectivity index (χ3v) is 6.59. The van der Waals surface area contributed by atoms with Gasteiger partial charge in [0, 0.05) is 48.7 Å². The van der Waals surface area contributed by atoms with Gasteiger partial charge in [-0.25, -0.2) is 0 Å². The highest BCUT2D eigenvalue weighted by Crippen LogP contribution is 2.24. The van der Waals surface area contributed by atoms with Gasteiger partial charge in [0.25, 0.3) is 17.7 Å². The number of nitrogens with one attached hydrogen (secondary N) is 3. The first-order chi connectivity index (χ1) is 16.9. The fraction of sp³-hybridized carbons (Fsp3) is 0.360. The van der Waals surface area contributed by atoms with Gasteiger partial charge in [-0.1, -0.05) is 0 Å². The zero-order valence-corrected chi connectivity index (χ0v) is 19.1. The van der Waals surface area contributed by atoms with Gasteiger partial charge in [-0.2, -0.15) is 0 Å². The van der Waals surface area contributed by atoms with E-state index in [2.05, 4.69) is 10.6 Å². The molecule has 0 bridgehead atoms. The van der Waals surface area contributed by atoms with Crippen molar-refractivity contribution in [1.82, 2.24) is 10.2 Å². The Balaban J connectivity index is 1.24. The van der Waals surface area contributed by atoms with E-state index in [1.165, 1.54) is 4.90 Å². The Morgan fingerprint density at radius 1 is 1.11 bits per heavy atom. The van der Waals surface area contributed by atoms with Crippen LogP contribution in [0.25, 0.3) is 0 Å². The number of morpholine rings is 1. The van der Waals surface area contributed by atoms with Crippen LogP contribution >= 0.6 is 0 Å². The number of amidine groups is 1. The summed E-state index contributed by atoms with van der Waals surface area (Å²) in [7, 11) is 0. The summed E-state index contributed by atoms with van der Waals surface area (Å²) in [5.41, 5.74) is 3.22. The molecule has 2 aromatic rings. The van der Waals surface area contributed by atoms with Gasteiger partial charge in [0.05, 0.1) is 6.61 Å². The normalized spacial score (nSPS) is 20.4. The fourth-order valence-electron chi connectivity index (χ4n) is 4.67. The second-order valence-corrected chi connectivity index (χ2v) is 8.86. The van der Waals surface area contributed by atoms with E-state index in [1.54, 1.807) is 42.5 Å². The Hall–Kier alpha value is -3.76. The molecule has 5 rings (SSSR count). The molecule has 2 atom stereocenters. The molecular weight excluding hydrogens is 450 g/mol. The third-order valence-electron chi connectivity index (χ3n) is 6.59. The molecule has 0 saturated carbocycles. The highest BCUT2D eigenvalue weighted by molar-refractivity contribution is 6.05. The van der Waals surface area contributed by atoms with E-state index in [0.717, 1.165) is 37.1 Å². The van der Waals surface area contributed by atoms with E-state index in [-0.39, 0.29) is 19.1 Å². The van der Waals surface area contributed by atoms with Crippen LogP contribution in [-0.4, -0.2) is 72.0 Å². The summed E-state index contributed by atoms with van der Waals surface area (Å²) in [4.78, 5) is 41.7. The average Bonchev–Trinajstić information content (AvgIpc) is 3.54. The number of aliphatic hydroxyl groups excluding tert-OH is 1. The molecule has 2 saturated heterocycles. The Bertz CT molecular complexity index is 1180. The van der Waals surface area contributed by atoms with E-state index in [4.69, 9.17) is 10.1 Å². The molecule has 1 unspecified atom stereocenters. The average molecular weight is 478 g/mol. The largest absolute Gasteiger partial charge is 0.380 e. The third kappa shape index (κ3) is 4.50. The van der Waals surface area contributed by atoms with Gasteiger partial charge in [0.15, 0.2) is 12.2 Å². The smallest absolute Gasteiger partial charge is 0.259 e. The summed E-state index contributed by atoms with van der Waals surface area (Å²) in [6, 6.07) is 11.9. The number of fused-ring (bicyclic) bond motifs is 1. The summed E-state index contributed by atoms with van der Waals surface area (Å²) in [5, 5.41) is 24.0. The minimum Gasteiger partial charge on any atom is -0.380 e. The number of likely N-dealkylation sites (tertiary alicyclic amines) is 1. The highest BCUT2D eigenvalue weighted by Gasteiger charge is 2.39. The van der Waals surface area contributed by atoms with E-state index in [9.17, 15) is 19.5 Å². The minimum absolute atomic E-state index is 0.0218. The van der Waals surface area contributed by atoms with Crippen LogP contribution in [-0.2, 0) is 20.9 Å². The maximum atomic E-state index is 13.1. The molecule has 3 aliphatic rings. The van der Waals surface area contributed by atoms with Crippen LogP contribution in [0, 0.1) is 5.41 Å². The number of ether oxygens (including phenoxy) is 1. The monoisotopic (exact) mass is 477 g/mol. The van der Waals surface area contributed by atoms with E-state index >= 15 is 0 Å². The van der Waals surface area contributed by atoms with E-state index in [1.807, 2.05) is 4.90 Å². The first-order valence-electron chi connectivity index (χ1n) is 11.7. The lowest BCUT2D eigenvalue weighted by atomic mass is 10.1. The van der Waals surface area contributed by atoms with Crippen LogP contribution in [0.3, 0.4) is 0 Å². The maximum absolute atomic E-state index is 13.1. The Morgan fingerprint density at radius 2 is 1.86 bits per heavy atom. The summed E-state index contributed by atoms with van der Waals surface area (Å²) >= 11 is 0. The van der Waals surface area contributed by atoms with Gasteiger partial charge in [-0.3, -0.25) is 19.8 Å². The van der Waals surface area contributed by atoms with Crippen molar-refractivity contribution in [3.63, 3.8) is 0 Å². The van der Waals surface area contributed by atoms with E-state index < -0.39 is 24.0 Å². The summed E-state index contributed by atoms with van der Waals surface area (Å²) in [6.45, 7) is 2.43. The molecule has 35 heavy (non-hydrogen) atoms. The predicted octanol–water partition coefficient (Wildman–Crippen LogP) is 1.08. The molecule has 3 heterocycles. The Kier molecular flexibility index (Phi) is 6.23. The Morgan fingerprint density at radius 3 is 2.60 bits per heavy atom. The van der Waals surface area contributed by atoms with Crippen LogP contribution in [0.15, 0.2) is 42.5 Å². The first-order valence-corrected chi connectivity index (χ1v) is 11.7. The second-order valence-electron chi connectivity index (χ2n) is 8.86. The number of hydrogen-bond donors (Lipinski definition) is 4. The summed E-state index contributed by atoms with van der Waals surface area (Å²) < 4.78 is 5.48. The number of aliphatic hydroxyl groups is 1. The first kappa shape index (κ1) is 23.0. The van der Waals surface area contributed by atoms with Crippen LogP contribution < -0.4 is 15.5 Å². The van der Waals surface area contributed by atoms with Crippen molar-refractivity contribution in [3.8, 4) is 0 Å². The maximum Gasteiger partial charge on any atom is 0.259 e. The molecule has 2 fully saturated rings. The molecule has 182 valence electrons. The van der Waals surface area contributed by atoms with Gasteiger partial charge >= 0.3 is 0 Å². The topological polar surface area (TPSA) is 135 Å². The quantitative estimate of drug-likeness (QED) is 0.509. The lowest BCUT2D eigenvalue weighted by Gasteiger charge is -2.34. The van der Waals surface area contributed by atoms with Crippen LogP contribution in [0.2, 0.25) is 0 Å². The highest BCUT2D eigenvalue weighted by atomic mass is 16.5. The van der Waals surface area contributed by atoms with Crippen molar-refractivity contribution in [2.24, 2.45) is 0 Å². The zero-order chi connectivity index (χ0) is 24.5. The lowest BCUT2D eigenvalue weighted by molar-refractivity contribution is -0.150. The molecule has 10 nitrogen and oxygen atoms in total. The van der Waals surface area contributed by atoms with Gasteiger partial charge < -0.3 is 30.3 Å². The standard InChI is InChI=1S/C25H27N5O5/c26-22-19-8-5-17(13-16(19)14-27-22)28-23(32)20(31)21-25(34)30(11-12-35-21)18-6-3-15(4-7-18)24(33)29-9-1-2-10-29/h3-8,13,20-21,31H,1-2,9-12,14H2,(H2,26,27)(H,28,32)/t20?,21-/m1/s1. The second kappa shape index (κ2) is 9.47. The van der Waals surface area contributed by atoms with Crippen molar-refractivity contribution in [2.75, 3.05) is 36.5 Å². The number of benzene rings is 2. The molecule has 10 heteroatoms. The number of nitrogens with zero attached hydrogens (tertiary/aromatic N) is 2. The SMILES string of the molecule is N=C1NCc2cc(NC(=O)C(O)[C@H]3OCCN(c4ccc(C(=O)N5CCCC5)cc4)C3=O)ccc21. The molecule has 3 aliphatic heterocycles. The number of anilines is 2. The Labute approximate surface area is 202 Å². The van der Waals surface area contributed by atoms with Crippen molar-refractivity contribution in [2.45, 2.75) is 31.6 Å². The number of amides is 3. The molecule has 3 amide bonds. The van der Waals surface area contributed by atoms with Gasteiger partial charge in [-0.15, -0.1) is 0 Å². The number of hydrogen-bond acceptors (Lipinski definition) is 6. The van der Waals surface area contributed by atoms with Crippen LogP contribution in [0.1, 0.15) is 34.3 Å². The number of carbonyl (C=O) groups excluding carboxylic acids is 3.